The number of nitrogens with one attached hydrogen (secondary N) is 1. The van der Waals surface area contributed by atoms with Gasteiger partial charge >= 0.3 is 0 Å². The number of benzene rings is 2. The Hall–Kier alpha value is -2.38. The van der Waals surface area contributed by atoms with E-state index in [1.54, 1.807) is 6.07 Å². The largest absolute Gasteiger partial charge is 0.369 e. The van der Waals surface area contributed by atoms with Crippen molar-refractivity contribution in [1.82, 2.24) is 9.29 Å². The van der Waals surface area contributed by atoms with Gasteiger partial charge in [-0.05, 0) is 36.4 Å². The smallest absolute Gasteiger partial charge is 0.268 e. The van der Waals surface area contributed by atoms with Gasteiger partial charge in [-0.3, -0.25) is 0 Å². The van der Waals surface area contributed by atoms with Crippen LogP contribution in [-0.4, -0.2) is 38.6 Å². The second kappa shape index (κ2) is 6.16. The summed E-state index contributed by atoms with van der Waals surface area (Å²) in [6.07, 6.45) is 1.52. The number of hydrogen-bond acceptors (Lipinski definition) is 4. The van der Waals surface area contributed by atoms with E-state index in [2.05, 4.69) is 10.2 Å². The van der Waals surface area contributed by atoms with E-state index in [9.17, 15) is 12.8 Å². The minimum absolute atomic E-state index is 0.0578. The highest BCUT2D eigenvalue weighted by atomic mass is 32.2. The van der Waals surface area contributed by atoms with Gasteiger partial charge in [-0.25, -0.2) is 16.8 Å². The normalized spacial score (nSPS) is 15.6. The van der Waals surface area contributed by atoms with Gasteiger partial charge < -0.3 is 10.2 Å². The average molecular weight is 359 g/mol. The third-order valence-electron chi connectivity index (χ3n) is 4.48. The summed E-state index contributed by atoms with van der Waals surface area (Å²) in [5.41, 5.74) is 1.59. The maximum Gasteiger partial charge on any atom is 0.268 e. The van der Waals surface area contributed by atoms with Crippen LogP contribution in [-0.2, 0) is 10.0 Å². The molecule has 0 bridgehead atoms. The topological polar surface area (TPSA) is 54.3 Å². The van der Waals surface area contributed by atoms with Crippen LogP contribution >= 0.6 is 0 Å². The molecule has 1 saturated heterocycles. The number of piperazine rings is 1. The molecule has 2 heterocycles. The SMILES string of the molecule is O=S(=O)(c1cccc(F)c1)n1ccc2ccc(N3CCNCC3)cc21. The van der Waals surface area contributed by atoms with E-state index < -0.39 is 15.8 Å². The van der Waals surface area contributed by atoms with Crippen LogP contribution < -0.4 is 10.2 Å². The van der Waals surface area contributed by atoms with Crippen molar-refractivity contribution < 1.29 is 12.8 Å². The van der Waals surface area contributed by atoms with Gasteiger partial charge in [0.2, 0.25) is 0 Å². The third-order valence-corrected chi connectivity index (χ3v) is 6.16. The zero-order valence-corrected chi connectivity index (χ0v) is 14.3. The fourth-order valence-corrected chi connectivity index (χ4v) is 4.54. The van der Waals surface area contributed by atoms with Gasteiger partial charge in [0.05, 0.1) is 10.4 Å². The Labute approximate surface area is 145 Å². The van der Waals surface area contributed by atoms with E-state index in [4.69, 9.17) is 0 Å². The minimum atomic E-state index is -3.85. The molecule has 0 aliphatic carbocycles. The van der Waals surface area contributed by atoms with Crippen molar-refractivity contribution in [3.8, 4) is 0 Å². The molecule has 0 radical (unpaired) electrons. The zero-order chi connectivity index (χ0) is 17.4. The van der Waals surface area contributed by atoms with E-state index in [1.807, 2.05) is 18.2 Å². The molecule has 1 N–H and O–H groups in total. The third kappa shape index (κ3) is 2.89. The molecule has 0 amide bonds. The predicted molar refractivity (Wildman–Crippen MR) is 96.0 cm³/mol. The molecule has 0 atom stereocenters. The predicted octanol–water partition coefficient (Wildman–Crippen LogP) is 2.43. The molecule has 4 rings (SSSR count). The highest BCUT2D eigenvalue weighted by Gasteiger charge is 2.20. The molecular weight excluding hydrogens is 341 g/mol. The Kier molecular flexibility index (Phi) is 3.97. The highest BCUT2D eigenvalue weighted by Crippen LogP contribution is 2.27. The fraction of sp³-hybridized carbons (Fsp3) is 0.222. The molecule has 0 saturated carbocycles. The molecule has 25 heavy (non-hydrogen) atoms. The van der Waals surface area contributed by atoms with E-state index in [0.29, 0.717) is 5.52 Å². The van der Waals surface area contributed by atoms with Crippen molar-refractivity contribution >= 4 is 26.6 Å². The number of anilines is 1. The molecule has 5 nitrogen and oxygen atoms in total. The van der Waals surface area contributed by atoms with Gasteiger partial charge in [0.15, 0.2) is 0 Å². The lowest BCUT2D eigenvalue weighted by molar-refractivity contribution is 0.584. The number of nitrogens with zero attached hydrogens (tertiary/aromatic N) is 2. The van der Waals surface area contributed by atoms with Crippen molar-refractivity contribution in [3.63, 3.8) is 0 Å². The van der Waals surface area contributed by atoms with E-state index in [1.165, 1.54) is 28.4 Å². The van der Waals surface area contributed by atoms with Gasteiger partial charge in [-0.2, -0.15) is 0 Å². The second-order valence-electron chi connectivity index (χ2n) is 6.05. The maximum atomic E-state index is 13.5. The Morgan fingerprint density at radius 2 is 1.80 bits per heavy atom. The second-order valence-corrected chi connectivity index (χ2v) is 7.87. The van der Waals surface area contributed by atoms with Gasteiger partial charge in [-0.1, -0.05) is 12.1 Å². The van der Waals surface area contributed by atoms with Crippen LogP contribution in [0.25, 0.3) is 10.9 Å². The number of aromatic nitrogens is 1. The van der Waals surface area contributed by atoms with Gasteiger partial charge in [0.25, 0.3) is 10.0 Å². The van der Waals surface area contributed by atoms with Crippen LogP contribution in [0.1, 0.15) is 0 Å². The number of hydrogen-bond donors (Lipinski definition) is 1. The minimum Gasteiger partial charge on any atom is -0.369 e. The summed E-state index contributed by atoms with van der Waals surface area (Å²) in [6, 6.07) is 12.7. The lowest BCUT2D eigenvalue weighted by Gasteiger charge is -2.29. The lowest BCUT2D eigenvalue weighted by Crippen LogP contribution is -2.43. The van der Waals surface area contributed by atoms with E-state index in [0.717, 1.165) is 43.3 Å². The van der Waals surface area contributed by atoms with E-state index >= 15 is 0 Å². The van der Waals surface area contributed by atoms with Gasteiger partial charge in [0.1, 0.15) is 5.82 Å². The summed E-state index contributed by atoms with van der Waals surface area (Å²) >= 11 is 0. The zero-order valence-electron chi connectivity index (χ0n) is 13.5. The molecule has 3 aromatic rings. The molecule has 0 spiro atoms. The summed E-state index contributed by atoms with van der Waals surface area (Å²) in [6.45, 7) is 3.56. The van der Waals surface area contributed by atoms with E-state index in [-0.39, 0.29) is 4.90 Å². The Bertz CT molecular complexity index is 1020. The molecule has 2 aromatic carbocycles. The molecule has 0 unspecified atom stereocenters. The Morgan fingerprint density at radius 1 is 1.00 bits per heavy atom. The van der Waals surface area contributed by atoms with Crippen LogP contribution in [0.4, 0.5) is 10.1 Å². The number of fused-ring (bicyclic) bond motifs is 1. The highest BCUT2D eigenvalue weighted by molar-refractivity contribution is 7.90. The molecule has 1 aliphatic rings. The van der Waals surface area contributed by atoms with Crippen LogP contribution in [0, 0.1) is 5.82 Å². The average Bonchev–Trinajstić information content (AvgIpc) is 3.06. The van der Waals surface area contributed by atoms with Crippen LogP contribution in [0.5, 0.6) is 0 Å². The fourth-order valence-electron chi connectivity index (χ4n) is 3.16. The molecule has 1 aliphatic heterocycles. The summed E-state index contributed by atoms with van der Waals surface area (Å²) < 4.78 is 40.5. The number of halogens is 1. The quantitative estimate of drug-likeness (QED) is 0.780. The van der Waals surface area contributed by atoms with Crippen LogP contribution in [0.2, 0.25) is 0 Å². The van der Waals surface area contributed by atoms with Crippen molar-refractivity contribution in [2.24, 2.45) is 0 Å². The summed E-state index contributed by atoms with van der Waals surface area (Å²) in [7, 11) is -3.85. The molecule has 7 heteroatoms. The molecular formula is C18H18FN3O2S. The summed E-state index contributed by atoms with van der Waals surface area (Å²) in [4.78, 5) is 2.17. The first-order valence-electron chi connectivity index (χ1n) is 8.14. The Balaban J connectivity index is 1.82. The van der Waals surface area contributed by atoms with Crippen molar-refractivity contribution in [2.75, 3.05) is 31.1 Å². The van der Waals surface area contributed by atoms with Crippen LogP contribution in [0.15, 0.2) is 59.6 Å². The van der Waals surface area contributed by atoms with Crippen molar-refractivity contribution in [1.29, 1.82) is 0 Å². The van der Waals surface area contributed by atoms with Gasteiger partial charge in [0, 0.05) is 43.4 Å². The van der Waals surface area contributed by atoms with Gasteiger partial charge in [-0.15, -0.1) is 0 Å². The maximum absolute atomic E-state index is 13.5. The first-order valence-corrected chi connectivity index (χ1v) is 9.58. The lowest BCUT2D eigenvalue weighted by atomic mass is 10.2. The van der Waals surface area contributed by atoms with Crippen LogP contribution in [0.3, 0.4) is 0 Å². The van der Waals surface area contributed by atoms with Crippen molar-refractivity contribution in [3.05, 3.63) is 60.5 Å². The van der Waals surface area contributed by atoms with Crippen molar-refractivity contribution in [2.45, 2.75) is 4.90 Å². The molecule has 130 valence electrons. The first-order chi connectivity index (χ1) is 12.1. The molecule has 1 aromatic heterocycles. The standard InChI is InChI=1S/C18H18FN3O2S/c19-15-2-1-3-17(12-15)25(23,24)22-9-6-14-4-5-16(13-18(14)22)21-10-7-20-8-11-21/h1-6,9,12-13,20H,7-8,10-11H2. The number of rotatable bonds is 3. The monoisotopic (exact) mass is 359 g/mol. The summed E-state index contributed by atoms with van der Waals surface area (Å²) in [5, 5.41) is 4.13. The summed E-state index contributed by atoms with van der Waals surface area (Å²) in [5.74, 6) is -0.570. The first kappa shape index (κ1) is 16.1. The molecule has 1 fully saturated rings. The Morgan fingerprint density at radius 3 is 2.56 bits per heavy atom.